The Morgan fingerprint density at radius 3 is 2.60 bits per heavy atom. The number of halogens is 3. The molecule has 1 unspecified atom stereocenters. The lowest BCUT2D eigenvalue weighted by molar-refractivity contribution is -0.189. The average molecular weight is 285 g/mol. The number of para-hydroxylation sites is 1. The minimum Gasteiger partial charge on any atom is -0.480 e. The van der Waals surface area contributed by atoms with E-state index >= 15 is 0 Å². The minimum absolute atomic E-state index is 0.225. The molecule has 0 saturated carbocycles. The van der Waals surface area contributed by atoms with Crippen molar-refractivity contribution >= 4 is 16.9 Å². The van der Waals surface area contributed by atoms with Gasteiger partial charge in [-0.3, -0.25) is 4.98 Å². The summed E-state index contributed by atoms with van der Waals surface area (Å²) in [6.07, 6.45) is -5.71. The summed E-state index contributed by atoms with van der Waals surface area (Å²) in [4.78, 5) is 15.0. The van der Waals surface area contributed by atoms with Crippen LogP contribution in [0.5, 0.6) is 5.75 Å². The van der Waals surface area contributed by atoms with Crippen molar-refractivity contribution in [1.82, 2.24) is 4.98 Å². The molecule has 1 heterocycles. The predicted molar refractivity (Wildman–Crippen MR) is 64.8 cm³/mol. The zero-order chi connectivity index (χ0) is 14.9. The van der Waals surface area contributed by atoms with E-state index in [9.17, 15) is 18.0 Å². The molecule has 7 heteroatoms. The Bertz CT molecular complexity index is 655. The zero-order valence-corrected chi connectivity index (χ0v) is 10.3. The van der Waals surface area contributed by atoms with E-state index in [2.05, 4.69) is 4.98 Å². The molecule has 0 aliphatic heterocycles. The topological polar surface area (TPSA) is 59.4 Å². The van der Waals surface area contributed by atoms with Gasteiger partial charge in [-0.05, 0) is 19.1 Å². The van der Waals surface area contributed by atoms with Crippen LogP contribution in [0.2, 0.25) is 0 Å². The molecule has 0 spiro atoms. The number of aromatic carboxylic acids is 1. The number of carboxylic acids is 1. The fourth-order valence-corrected chi connectivity index (χ4v) is 1.64. The van der Waals surface area contributed by atoms with Crippen LogP contribution < -0.4 is 4.74 Å². The van der Waals surface area contributed by atoms with Gasteiger partial charge in [0.1, 0.15) is 11.3 Å². The van der Waals surface area contributed by atoms with Gasteiger partial charge in [-0.2, -0.15) is 13.2 Å². The molecule has 0 bridgehead atoms. The molecule has 1 aromatic heterocycles. The molecule has 20 heavy (non-hydrogen) atoms. The molecule has 1 aromatic carbocycles. The van der Waals surface area contributed by atoms with E-state index in [-0.39, 0.29) is 11.1 Å². The van der Waals surface area contributed by atoms with E-state index in [0.717, 1.165) is 13.1 Å². The van der Waals surface area contributed by atoms with Crippen molar-refractivity contribution in [3.05, 3.63) is 36.0 Å². The van der Waals surface area contributed by atoms with Gasteiger partial charge in [0.05, 0.1) is 5.52 Å². The van der Waals surface area contributed by atoms with E-state index in [1.54, 1.807) is 18.2 Å². The number of hydrogen-bond acceptors (Lipinski definition) is 3. The number of benzene rings is 1. The first kappa shape index (κ1) is 14.1. The van der Waals surface area contributed by atoms with Crippen molar-refractivity contribution in [2.24, 2.45) is 0 Å². The van der Waals surface area contributed by atoms with E-state index in [4.69, 9.17) is 9.84 Å². The van der Waals surface area contributed by atoms with Crippen LogP contribution in [0.3, 0.4) is 0 Å². The molecule has 1 N–H and O–H groups in total. The van der Waals surface area contributed by atoms with Crippen molar-refractivity contribution in [3.8, 4) is 5.75 Å². The van der Waals surface area contributed by atoms with E-state index in [1.807, 2.05) is 0 Å². The van der Waals surface area contributed by atoms with Crippen molar-refractivity contribution in [3.63, 3.8) is 0 Å². The molecule has 0 aliphatic carbocycles. The Morgan fingerprint density at radius 1 is 1.35 bits per heavy atom. The number of ether oxygens (including phenoxy) is 1. The van der Waals surface area contributed by atoms with Crippen molar-refractivity contribution in [2.45, 2.75) is 19.2 Å². The maximum absolute atomic E-state index is 12.6. The number of carboxylic acid groups (broad SMARTS) is 1. The molecule has 0 aliphatic rings. The zero-order valence-electron chi connectivity index (χ0n) is 10.3. The summed E-state index contributed by atoms with van der Waals surface area (Å²) in [6, 6.07) is 6.24. The summed E-state index contributed by atoms with van der Waals surface area (Å²) in [7, 11) is 0. The first-order valence-corrected chi connectivity index (χ1v) is 5.65. The molecule has 2 rings (SSSR count). The smallest absolute Gasteiger partial charge is 0.425 e. The number of nitrogens with zero attached hydrogens (tertiary/aromatic N) is 1. The number of alkyl halides is 3. The maximum Gasteiger partial charge on any atom is 0.425 e. The van der Waals surface area contributed by atoms with Crippen LogP contribution in [0, 0.1) is 0 Å². The highest BCUT2D eigenvalue weighted by Crippen LogP contribution is 2.32. The highest BCUT2D eigenvalue weighted by Gasteiger charge is 2.39. The predicted octanol–water partition coefficient (Wildman–Crippen LogP) is 3.26. The molecular weight excluding hydrogens is 275 g/mol. The van der Waals surface area contributed by atoms with Crippen LogP contribution >= 0.6 is 0 Å². The molecule has 0 fully saturated rings. The second-order valence-corrected chi connectivity index (χ2v) is 4.12. The van der Waals surface area contributed by atoms with E-state index < -0.39 is 23.8 Å². The highest BCUT2D eigenvalue weighted by molar-refractivity contribution is 5.98. The number of carbonyl (C=O) groups is 1. The maximum atomic E-state index is 12.6. The summed E-state index contributed by atoms with van der Waals surface area (Å²) < 4.78 is 42.6. The minimum atomic E-state index is -4.58. The van der Waals surface area contributed by atoms with Crippen molar-refractivity contribution in [1.29, 1.82) is 0 Å². The fourth-order valence-electron chi connectivity index (χ4n) is 1.64. The third-order valence-electron chi connectivity index (χ3n) is 2.71. The Balaban J connectivity index is 2.58. The van der Waals surface area contributed by atoms with Gasteiger partial charge in [0.25, 0.3) is 0 Å². The van der Waals surface area contributed by atoms with Gasteiger partial charge in [-0.1, -0.05) is 12.1 Å². The first-order valence-electron chi connectivity index (χ1n) is 5.65. The third-order valence-corrected chi connectivity index (χ3v) is 2.71. The number of pyridine rings is 1. The van der Waals surface area contributed by atoms with Crippen LogP contribution in [-0.4, -0.2) is 28.3 Å². The van der Waals surface area contributed by atoms with Gasteiger partial charge in [-0.15, -0.1) is 0 Å². The number of hydrogen-bond donors (Lipinski definition) is 1. The van der Waals surface area contributed by atoms with Gasteiger partial charge >= 0.3 is 12.1 Å². The third kappa shape index (κ3) is 2.66. The molecule has 1 atom stereocenters. The normalized spacial score (nSPS) is 13.2. The Labute approximate surface area is 111 Å². The molecule has 0 radical (unpaired) electrons. The molecule has 2 aromatic rings. The van der Waals surface area contributed by atoms with Crippen molar-refractivity contribution < 1.29 is 27.8 Å². The van der Waals surface area contributed by atoms with Crippen LogP contribution in [0.15, 0.2) is 30.5 Å². The van der Waals surface area contributed by atoms with Gasteiger partial charge in [0, 0.05) is 11.6 Å². The molecule has 0 saturated heterocycles. The highest BCUT2D eigenvalue weighted by atomic mass is 19.4. The Kier molecular flexibility index (Phi) is 3.52. The van der Waals surface area contributed by atoms with Crippen LogP contribution in [0.1, 0.15) is 17.3 Å². The van der Waals surface area contributed by atoms with E-state index in [0.29, 0.717) is 5.52 Å². The van der Waals surface area contributed by atoms with Crippen LogP contribution in [-0.2, 0) is 0 Å². The summed E-state index contributed by atoms with van der Waals surface area (Å²) in [5.74, 6) is -1.72. The number of fused-ring (bicyclic) bond motifs is 1. The monoisotopic (exact) mass is 285 g/mol. The SMILES string of the molecule is CC(Oc1c(C(=O)O)cnc2ccccc12)C(F)(F)F. The van der Waals surface area contributed by atoms with Gasteiger partial charge in [-0.25, -0.2) is 4.79 Å². The molecular formula is C13H10F3NO3. The lowest BCUT2D eigenvalue weighted by Gasteiger charge is -2.19. The fraction of sp³-hybridized carbons (Fsp3) is 0.231. The summed E-state index contributed by atoms with van der Waals surface area (Å²) in [5, 5.41) is 9.27. The largest absolute Gasteiger partial charge is 0.480 e. The molecule has 0 amide bonds. The summed E-state index contributed by atoms with van der Waals surface area (Å²) in [5.41, 5.74) is -0.0401. The van der Waals surface area contributed by atoms with Gasteiger partial charge in [0.2, 0.25) is 0 Å². The average Bonchev–Trinajstić information content (AvgIpc) is 2.37. The van der Waals surface area contributed by atoms with Gasteiger partial charge < -0.3 is 9.84 Å². The first-order chi connectivity index (χ1) is 9.30. The Morgan fingerprint density at radius 2 is 2.00 bits per heavy atom. The lowest BCUT2D eigenvalue weighted by atomic mass is 10.1. The van der Waals surface area contributed by atoms with Crippen LogP contribution in [0.4, 0.5) is 13.2 Å². The second kappa shape index (κ2) is 4.99. The molecule has 4 nitrogen and oxygen atoms in total. The number of aromatic nitrogens is 1. The lowest BCUT2D eigenvalue weighted by Crippen LogP contribution is -2.31. The van der Waals surface area contributed by atoms with E-state index in [1.165, 1.54) is 6.07 Å². The van der Waals surface area contributed by atoms with Crippen molar-refractivity contribution in [2.75, 3.05) is 0 Å². The molecule has 106 valence electrons. The van der Waals surface area contributed by atoms with Gasteiger partial charge in [0.15, 0.2) is 6.10 Å². The van der Waals surface area contributed by atoms with Crippen LogP contribution in [0.25, 0.3) is 10.9 Å². The second-order valence-electron chi connectivity index (χ2n) is 4.12. The summed E-state index contributed by atoms with van der Waals surface area (Å²) in [6.45, 7) is 0.820. The Hall–Kier alpha value is -2.31. The summed E-state index contributed by atoms with van der Waals surface area (Å²) >= 11 is 0. The quantitative estimate of drug-likeness (QED) is 0.940. The number of rotatable bonds is 3. The standard InChI is InChI=1S/C13H10F3NO3/c1-7(13(14,15)16)20-11-8-4-2-3-5-10(8)17-6-9(11)12(18)19/h2-7H,1H3,(H,18,19).